The molecule has 1 heterocycles. The Hall–Kier alpha value is -2.37. The van der Waals surface area contributed by atoms with Gasteiger partial charge in [-0.15, -0.1) is 0 Å². The average Bonchev–Trinajstić information content (AvgIpc) is 3.22. The van der Waals surface area contributed by atoms with E-state index in [-0.39, 0.29) is 17.4 Å². The second kappa shape index (κ2) is 10.8. The van der Waals surface area contributed by atoms with Crippen molar-refractivity contribution in [1.82, 2.24) is 5.32 Å². The van der Waals surface area contributed by atoms with Crippen LogP contribution in [0.1, 0.15) is 48.0 Å². The van der Waals surface area contributed by atoms with Crippen LogP contribution >= 0.6 is 8.15 Å². The van der Waals surface area contributed by atoms with Crippen LogP contribution in [0.3, 0.4) is 0 Å². The smallest absolute Gasteiger partial charge is 0.340 e. The number of nitrogens with one attached hydrogen (secondary N) is 2. The molecule has 3 unspecified atom stereocenters. The van der Waals surface area contributed by atoms with Gasteiger partial charge in [0.25, 0.3) is 0 Å². The van der Waals surface area contributed by atoms with E-state index in [0.717, 1.165) is 19.0 Å². The highest BCUT2D eigenvalue weighted by molar-refractivity contribution is 7.52. The van der Waals surface area contributed by atoms with Crippen molar-refractivity contribution in [3.8, 4) is 0 Å². The molecule has 0 radical (unpaired) electrons. The number of anilines is 1. The third-order valence-corrected chi connectivity index (χ3v) is 6.75. The molecular weight excluding hydrogens is 421 g/mol. The lowest BCUT2D eigenvalue weighted by atomic mass is 9.90. The molecule has 0 saturated carbocycles. The van der Waals surface area contributed by atoms with E-state index in [4.69, 9.17) is 4.52 Å². The first-order valence-corrected chi connectivity index (χ1v) is 12.3. The average molecular weight is 448 g/mol. The molecule has 1 aliphatic heterocycles. The molecule has 166 valence electrons. The van der Waals surface area contributed by atoms with Crippen molar-refractivity contribution in [3.63, 3.8) is 0 Å². The largest absolute Gasteiger partial charge is 0.442 e. The van der Waals surface area contributed by atoms with Crippen molar-refractivity contribution in [2.45, 2.75) is 38.1 Å². The molecule has 2 N–H and O–H groups in total. The summed E-state index contributed by atoms with van der Waals surface area (Å²) in [6.45, 7) is 4.51. The van der Waals surface area contributed by atoms with Crippen molar-refractivity contribution >= 4 is 25.7 Å². The Morgan fingerprint density at radius 2 is 1.84 bits per heavy atom. The van der Waals surface area contributed by atoms with E-state index < -0.39 is 31.7 Å². The lowest BCUT2D eigenvalue weighted by Gasteiger charge is -2.20. The minimum Gasteiger partial charge on any atom is -0.442 e. The number of unbranched alkanes of at least 4 members (excludes halogenated alkanes) is 1. The molecule has 1 fully saturated rings. The Kier molecular flexibility index (Phi) is 8.10. The summed E-state index contributed by atoms with van der Waals surface area (Å²) in [5.41, 5.74) is 0.840. The lowest BCUT2D eigenvalue weighted by Crippen LogP contribution is -2.39. The van der Waals surface area contributed by atoms with Crippen molar-refractivity contribution in [2.24, 2.45) is 0 Å². The van der Waals surface area contributed by atoms with Gasteiger partial charge in [-0.3, -0.25) is 4.79 Å². The van der Waals surface area contributed by atoms with Crippen LogP contribution in [-0.2, 0) is 9.32 Å². The standard InChI is InChI=1S/C23H27F2N2O3P/c1-3-4-14-31(2)30-23(29)15-8-10-16(11-9-15)27-22(28)21-17(12-13-26-21)20-18(24)6-5-7-19(20)25/h5-11,17,21,26H,3-4,12-14H2,1-2H3,(H,27,28). The highest BCUT2D eigenvalue weighted by Gasteiger charge is 2.36. The third kappa shape index (κ3) is 5.86. The second-order valence-corrected chi connectivity index (χ2v) is 9.50. The monoisotopic (exact) mass is 448 g/mol. The first-order chi connectivity index (χ1) is 14.9. The maximum absolute atomic E-state index is 14.2. The molecule has 1 amide bonds. The van der Waals surface area contributed by atoms with Crippen LogP contribution in [-0.4, -0.2) is 37.3 Å². The predicted molar refractivity (Wildman–Crippen MR) is 119 cm³/mol. The number of hydrogen-bond acceptors (Lipinski definition) is 4. The molecule has 2 aromatic rings. The molecule has 3 rings (SSSR count). The van der Waals surface area contributed by atoms with E-state index in [1.165, 1.54) is 18.2 Å². The zero-order chi connectivity index (χ0) is 22.4. The summed E-state index contributed by atoms with van der Waals surface area (Å²) in [6.07, 6.45) is 3.41. The zero-order valence-corrected chi connectivity index (χ0v) is 18.6. The SMILES string of the molecule is CCCCP(C)OC(=O)c1ccc(NC(=O)C2NCCC2c2c(F)cccc2F)cc1. The summed E-state index contributed by atoms with van der Waals surface area (Å²) < 4.78 is 33.9. The first kappa shape index (κ1) is 23.3. The zero-order valence-electron chi connectivity index (χ0n) is 17.7. The number of amides is 1. The van der Waals surface area contributed by atoms with Crippen LogP contribution in [0.25, 0.3) is 0 Å². The van der Waals surface area contributed by atoms with E-state index in [0.29, 0.717) is 24.2 Å². The van der Waals surface area contributed by atoms with E-state index in [9.17, 15) is 18.4 Å². The highest BCUT2D eigenvalue weighted by Crippen LogP contribution is 2.35. The van der Waals surface area contributed by atoms with Crippen molar-refractivity contribution in [3.05, 3.63) is 65.2 Å². The molecule has 31 heavy (non-hydrogen) atoms. The van der Waals surface area contributed by atoms with Gasteiger partial charge in [-0.25, -0.2) is 13.6 Å². The molecule has 0 bridgehead atoms. The number of carbonyl (C=O) groups is 2. The number of rotatable bonds is 8. The topological polar surface area (TPSA) is 67.4 Å². The van der Waals surface area contributed by atoms with Gasteiger partial charge in [0.1, 0.15) is 11.6 Å². The molecular formula is C23H27F2N2O3P. The summed E-state index contributed by atoms with van der Waals surface area (Å²) in [5, 5.41) is 5.79. The van der Waals surface area contributed by atoms with Crippen LogP contribution in [0, 0.1) is 11.6 Å². The molecule has 2 aromatic carbocycles. The molecule has 0 spiro atoms. The van der Waals surface area contributed by atoms with Gasteiger partial charge in [-0.2, -0.15) is 0 Å². The molecule has 5 nitrogen and oxygen atoms in total. The van der Waals surface area contributed by atoms with Gasteiger partial charge >= 0.3 is 5.97 Å². The molecule has 0 aromatic heterocycles. The first-order valence-electron chi connectivity index (χ1n) is 10.4. The van der Waals surface area contributed by atoms with Gasteiger partial charge in [0, 0.05) is 23.3 Å². The number of benzene rings is 2. The second-order valence-electron chi connectivity index (χ2n) is 7.61. The molecule has 0 aliphatic carbocycles. The van der Waals surface area contributed by atoms with Crippen molar-refractivity contribution < 1.29 is 22.9 Å². The van der Waals surface area contributed by atoms with Crippen LogP contribution in [0.2, 0.25) is 0 Å². The Bertz CT molecular complexity index is 903. The van der Waals surface area contributed by atoms with Gasteiger partial charge < -0.3 is 15.2 Å². The summed E-state index contributed by atoms with van der Waals surface area (Å²) in [6, 6.07) is 9.39. The maximum Gasteiger partial charge on any atom is 0.340 e. The van der Waals surface area contributed by atoms with Gasteiger partial charge in [0.05, 0.1) is 19.8 Å². The van der Waals surface area contributed by atoms with E-state index in [1.54, 1.807) is 24.3 Å². The number of halogens is 2. The van der Waals surface area contributed by atoms with E-state index >= 15 is 0 Å². The predicted octanol–water partition coefficient (Wildman–Crippen LogP) is 5.03. The van der Waals surface area contributed by atoms with Gasteiger partial charge in [0.15, 0.2) is 0 Å². The normalized spacial score (nSPS) is 19.1. The quantitative estimate of drug-likeness (QED) is 0.556. The minimum atomic E-state index is -0.799. The molecule has 1 aliphatic rings. The summed E-state index contributed by atoms with van der Waals surface area (Å²) in [7, 11) is -0.799. The van der Waals surface area contributed by atoms with Gasteiger partial charge in [-0.1, -0.05) is 19.4 Å². The van der Waals surface area contributed by atoms with Crippen LogP contribution in [0.5, 0.6) is 0 Å². The Labute approximate surface area is 182 Å². The fraction of sp³-hybridized carbons (Fsp3) is 0.391. The van der Waals surface area contributed by atoms with Gasteiger partial charge in [-0.05, 0) is 62.4 Å². The van der Waals surface area contributed by atoms with E-state index in [2.05, 4.69) is 17.6 Å². The van der Waals surface area contributed by atoms with Crippen molar-refractivity contribution in [1.29, 1.82) is 0 Å². The number of hydrogen-bond donors (Lipinski definition) is 2. The van der Waals surface area contributed by atoms with Crippen LogP contribution < -0.4 is 10.6 Å². The molecule has 1 saturated heterocycles. The van der Waals surface area contributed by atoms with Gasteiger partial charge in [0.2, 0.25) is 5.91 Å². The number of carbonyl (C=O) groups excluding carboxylic acids is 2. The third-order valence-electron chi connectivity index (χ3n) is 5.33. The Balaban J connectivity index is 1.63. The van der Waals surface area contributed by atoms with Crippen molar-refractivity contribution in [2.75, 3.05) is 24.7 Å². The highest BCUT2D eigenvalue weighted by atomic mass is 31.1. The Morgan fingerprint density at radius 3 is 2.48 bits per heavy atom. The molecule has 8 heteroatoms. The molecule has 3 atom stereocenters. The van der Waals surface area contributed by atoms with Crippen LogP contribution in [0.15, 0.2) is 42.5 Å². The summed E-state index contributed by atoms with van der Waals surface area (Å²) in [4.78, 5) is 25.0. The fourth-order valence-corrected chi connectivity index (χ4v) is 4.93. The Morgan fingerprint density at radius 1 is 1.16 bits per heavy atom. The lowest BCUT2D eigenvalue weighted by molar-refractivity contribution is -0.118. The summed E-state index contributed by atoms with van der Waals surface area (Å²) >= 11 is 0. The maximum atomic E-state index is 14.2. The summed E-state index contributed by atoms with van der Waals surface area (Å²) in [5.74, 6) is -2.65. The van der Waals surface area contributed by atoms with Crippen LogP contribution in [0.4, 0.5) is 14.5 Å². The fourth-order valence-electron chi connectivity index (χ4n) is 3.68. The minimum absolute atomic E-state index is 0.0649. The van der Waals surface area contributed by atoms with E-state index in [1.807, 2.05) is 6.66 Å².